The minimum absolute atomic E-state index is 0.416. The lowest BCUT2D eigenvalue weighted by Gasteiger charge is -2.40. The van der Waals surface area contributed by atoms with Crippen LogP contribution in [0.15, 0.2) is 0 Å². The Morgan fingerprint density at radius 1 is 1.31 bits per heavy atom. The summed E-state index contributed by atoms with van der Waals surface area (Å²) in [4.78, 5) is 21.1. The zero-order chi connectivity index (χ0) is 10.2. The maximum atomic E-state index is 11.7. The molecule has 1 saturated heterocycles. The van der Waals surface area contributed by atoms with Crippen molar-refractivity contribution in [2.45, 2.75) is 6.18 Å². The lowest BCUT2D eigenvalue weighted by molar-refractivity contribution is -0.271. The van der Waals surface area contributed by atoms with Crippen LogP contribution in [0.3, 0.4) is 0 Å². The van der Waals surface area contributed by atoms with E-state index in [1.807, 2.05) is 0 Å². The van der Waals surface area contributed by atoms with Gasteiger partial charge in [0.2, 0.25) is 5.78 Å². The summed E-state index contributed by atoms with van der Waals surface area (Å²) >= 11 is 0. The number of ketones is 1. The van der Waals surface area contributed by atoms with Gasteiger partial charge in [0.15, 0.2) is 0 Å². The molecule has 4 nitrogen and oxygen atoms in total. The fourth-order valence-electron chi connectivity index (χ4n) is 1.02. The molecular weight excluding hydrogens is 191 g/mol. The van der Waals surface area contributed by atoms with E-state index in [0.717, 1.165) is 0 Å². The first kappa shape index (κ1) is 9.82. The fraction of sp³-hybridized carbons (Fsp3) is 0.667. The molecule has 0 radical (unpaired) electrons. The average molecular weight is 196 g/mol. The SMILES string of the molecule is O=C([O-])N1CC(C(=O)C(F)(F)F)C1. The smallest absolute Gasteiger partial charge is 0.450 e. The predicted molar refractivity (Wildman–Crippen MR) is 31.5 cm³/mol. The molecule has 1 fully saturated rings. The number of halogens is 3. The molecule has 74 valence electrons. The van der Waals surface area contributed by atoms with E-state index in [2.05, 4.69) is 0 Å². The molecule has 0 saturated carbocycles. The number of rotatable bonds is 1. The third-order valence-electron chi connectivity index (χ3n) is 1.79. The molecular formula is C6H5F3NO3-. The van der Waals surface area contributed by atoms with Crippen LogP contribution in [0.4, 0.5) is 18.0 Å². The number of nitrogens with zero attached hydrogens (tertiary/aromatic N) is 1. The summed E-state index contributed by atoms with van der Waals surface area (Å²) in [5.41, 5.74) is 0. The van der Waals surface area contributed by atoms with Crippen molar-refractivity contribution in [3.8, 4) is 0 Å². The van der Waals surface area contributed by atoms with Crippen LogP contribution in [0.2, 0.25) is 0 Å². The van der Waals surface area contributed by atoms with Gasteiger partial charge in [-0.1, -0.05) is 0 Å². The van der Waals surface area contributed by atoms with Crippen molar-refractivity contribution < 1.29 is 27.9 Å². The number of hydrogen-bond acceptors (Lipinski definition) is 3. The van der Waals surface area contributed by atoms with Crippen molar-refractivity contribution in [3.05, 3.63) is 0 Å². The van der Waals surface area contributed by atoms with E-state index in [0.29, 0.717) is 4.90 Å². The van der Waals surface area contributed by atoms with Crippen LogP contribution in [-0.4, -0.2) is 36.0 Å². The Bertz CT molecular complexity index is 244. The number of carboxylic acid groups (broad SMARTS) is 1. The maximum absolute atomic E-state index is 11.7. The van der Waals surface area contributed by atoms with Gasteiger partial charge >= 0.3 is 6.18 Å². The summed E-state index contributed by atoms with van der Waals surface area (Å²) < 4.78 is 35.2. The van der Waals surface area contributed by atoms with Crippen molar-refractivity contribution in [2.75, 3.05) is 13.1 Å². The van der Waals surface area contributed by atoms with Gasteiger partial charge in [-0.15, -0.1) is 0 Å². The van der Waals surface area contributed by atoms with Gasteiger partial charge in [-0.3, -0.25) is 4.79 Å². The van der Waals surface area contributed by atoms with E-state index in [1.165, 1.54) is 0 Å². The third kappa shape index (κ3) is 1.90. The molecule has 0 aromatic rings. The number of Topliss-reactive ketones (excluding diaryl/α,β-unsaturated/α-hetero) is 1. The molecule has 1 aliphatic rings. The van der Waals surface area contributed by atoms with E-state index in [1.54, 1.807) is 0 Å². The largest absolute Gasteiger partial charge is 0.530 e. The number of carbonyl (C=O) groups is 2. The fourth-order valence-corrected chi connectivity index (χ4v) is 1.02. The Labute approximate surface area is 70.9 Å². The van der Waals surface area contributed by atoms with Crippen LogP contribution in [0.25, 0.3) is 0 Å². The van der Waals surface area contributed by atoms with Crippen LogP contribution >= 0.6 is 0 Å². The van der Waals surface area contributed by atoms with Gasteiger partial charge in [0, 0.05) is 13.1 Å². The van der Waals surface area contributed by atoms with Crippen LogP contribution in [-0.2, 0) is 4.79 Å². The zero-order valence-corrected chi connectivity index (χ0v) is 6.30. The highest BCUT2D eigenvalue weighted by Crippen LogP contribution is 2.26. The van der Waals surface area contributed by atoms with E-state index in [-0.39, 0.29) is 0 Å². The number of carbonyl (C=O) groups excluding carboxylic acids is 2. The first-order chi connectivity index (χ1) is 5.82. The molecule has 0 bridgehead atoms. The molecule has 1 aliphatic heterocycles. The number of likely N-dealkylation sites (tertiary alicyclic amines) is 1. The van der Waals surface area contributed by atoms with Gasteiger partial charge in [0.1, 0.15) is 6.09 Å². The first-order valence-electron chi connectivity index (χ1n) is 3.39. The van der Waals surface area contributed by atoms with Gasteiger partial charge in [-0.2, -0.15) is 13.2 Å². The summed E-state index contributed by atoms with van der Waals surface area (Å²) in [6.45, 7) is -0.832. The number of amides is 1. The Morgan fingerprint density at radius 2 is 1.77 bits per heavy atom. The summed E-state index contributed by atoms with van der Waals surface area (Å²) in [5, 5.41) is 10.0. The Morgan fingerprint density at radius 3 is 2.08 bits per heavy atom. The van der Waals surface area contributed by atoms with E-state index < -0.39 is 37.1 Å². The highest BCUT2D eigenvalue weighted by Gasteiger charge is 2.47. The molecule has 1 rings (SSSR count). The minimum Gasteiger partial charge on any atom is -0.530 e. The summed E-state index contributed by atoms with van der Waals surface area (Å²) in [6, 6.07) is 0. The van der Waals surface area contributed by atoms with E-state index in [4.69, 9.17) is 0 Å². The normalized spacial score (nSPS) is 18.2. The molecule has 7 heteroatoms. The Hall–Kier alpha value is -1.27. The van der Waals surface area contributed by atoms with E-state index in [9.17, 15) is 27.9 Å². The second-order valence-corrected chi connectivity index (χ2v) is 2.73. The second-order valence-electron chi connectivity index (χ2n) is 2.73. The molecule has 0 aromatic heterocycles. The molecule has 1 heterocycles. The molecule has 0 atom stereocenters. The summed E-state index contributed by atoms with van der Waals surface area (Å²) in [6.07, 6.45) is -6.42. The molecule has 0 N–H and O–H groups in total. The Kier molecular flexibility index (Phi) is 2.19. The molecule has 0 unspecified atom stereocenters. The van der Waals surface area contributed by atoms with Gasteiger partial charge in [-0.25, -0.2) is 0 Å². The van der Waals surface area contributed by atoms with Crippen molar-refractivity contribution in [1.82, 2.24) is 4.90 Å². The number of hydrogen-bond donors (Lipinski definition) is 0. The molecule has 0 aliphatic carbocycles. The van der Waals surface area contributed by atoms with Gasteiger partial charge in [0.25, 0.3) is 0 Å². The highest BCUT2D eigenvalue weighted by molar-refractivity contribution is 5.88. The maximum Gasteiger partial charge on any atom is 0.450 e. The van der Waals surface area contributed by atoms with Crippen LogP contribution < -0.4 is 5.11 Å². The van der Waals surface area contributed by atoms with Crippen molar-refractivity contribution in [3.63, 3.8) is 0 Å². The first-order valence-corrected chi connectivity index (χ1v) is 3.39. The van der Waals surface area contributed by atoms with Crippen LogP contribution in [0.5, 0.6) is 0 Å². The van der Waals surface area contributed by atoms with Crippen molar-refractivity contribution in [2.24, 2.45) is 5.92 Å². The Balaban J connectivity index is 2.44. The second kappa shape index (κ2) is 2.90. The molecule has 0 aromatic carbocycles. The molecule has 0 spiro atoms. The highest BCUT2D eigenvalue weighted by atomic mass is 19.4. The van der Waals surface area contributed by atoms with Gasteiger partial charge < -0.3 is 14.8 Å². The van der Waals surface area contributed by atoms with Crippen LogP contribution in [0.1, 0.15) is 0 Å². The monoisotopic (exact) mass is 196 g/mol. The third-order valence-corrected chi connectivity index (χ3v) is 1.79. The van der Waals surface area contributed by atoms with Gasteiger partial charge in [-0.05, 0) is 0 Å². The summed E-state index contributed by atoms with van der Waals surface area (Å²) in [7, 11) is 0. The van der Waals surface area contributed by atoms with Crippen molar-refractivity contribution in [1.29, 1.82) is 0 Å². The molecule has 13 heavy (non-hydrogen) atoms. The summed E-state index contributed by atoms with van der Waals surface area (Å²) in [5.74, 6) is -3.12. The van der Waals surface area contributed by atoms with Gasteiger partial charge in [0.05, 0.1) is 5.92 Å². The topological polar surface area (TPSA) is 60.4 Å². The van der Waals surface area contributed by atoms with E-state index >= 15 is 0 Å². The lowest BCUT2D eigenvalue weighted by Crippen LogP contribution is -2.59. The average Bonchev–Trinajstić information content (AvgIpc) is 1.80. The quantitative estimate of drug-likeness (QED) is 0.562. The zero-order valence-electron chi connectivity index (χ0n) is 6.30. The molecule has 1 amide bonds. The minimum atomic E-state index is -4.87. The van der Waals surface area contributed by atoms with Crippen LogP contribution in [0, 0.1) is 5.92 Å². The predicted octanol–water partition coefficient (Wildman–Crippen LogP) is -0.607. The van der Waals surface area contributed by atoms with Crippen molar-refractivity contribution >= 4 is 11.9 Å². The number of alkyl halides is 3. The lowest BCUT2D eigenvalue weighted by atomic mass is 9.95. The standard InChI is InChI=1S/C6H6F3NO3/c7-6(8,9)4(11)3-1-10(2-3)5(12)13/h3H,1-2H2,(H,12,13)/p-1.